The van der Waals surface area contributed by atoms with Gasteiger partial charge in [0.2, 0.25) is 11.8 Å². The summed E-state index contributed by atoms with van der Waals surface area (Å²) in [7, 11) is 0. The maximum Gasteiger partial charge on any atom is 0.223 e. The van der Waals surface area contributed by atoms with E-state index in [0.29, 0.717) is 25.9 Å². The standard InChI is InChI=1S/C22H24N2O2/c25-21-13-11-19(23(21)15-17-7-3-1-4-8-17)20-12-14-22(26)24(20)16-18-9-5-2-6-10-18/h1-10,19-20H,11-16H2. The summed E-state index contributed by atoms with van der Waals surface area (Å²) in [5.41, 5.74) is 2.29. The number of likely N-dealkylation sites (tertiary alicyclic amines) is 2. The molecule has 0 aromatic heterocycles. The molecule has 0 aliphatic carbocycles. The molecule has 0 radical (unpaired) electrons. The Balaban J connectivity index is 1.53. The van der Waals surface area contributed by atoms with Crippen LogP contribution in [0, 0.1) is 0 Å². The third-order valence-corrected chi connectivity index (χ3v) is 5.58. The second kappa shape index (κ2) is 7.32. The van der Waals surface area contributed by atoms with Crippen LogP contribution in [0.25, 0.3) is 0 Å². The predicted molar refractivity (Wildman–Crippen MR) is 100 cm³/mol. The summed E-state index contributed by atoms with van der Waals surface area (Å²) in [5.74, 6) is 0.413. The second-order valence-electron chi connectivity index (χ2n) is 7.23. The Labute approximate surface area is 154 Å². The number of rotatable bonds is 5. The molecule has 2 unspecified atom stereocenters. The normalized spacial score (nSPS) is 23.1. The maximum absolute atomic E-state index is 12.5. The molecule has 4 nitrogen and oxygen atoms in total. The molecule has 4 rings (SSSR count). The maximum atomic E-state index is 12.5. The van der Waals surface area contributed by atoms with Crippen LogP contribution in [0.4, 0.5) is 0 Å². The van der Waals surface area contributed by atoms with Gasteiger partial charge in [0.1, 0.15) is 0 Å². The first kappa shape index (κ1) is 16.8. The van der Waals surface area contributed by atoms with E-state index in [2.05, 4.69) is 24.3 Å². The Bertz CT molecular complexity index is 708. The summed E-state index contributed by atoms with van der Waals surface area (Å²) in [6.07, 6.45) is 2.85. The monoisotopic (exact) mass is 348 g/mol. The van der Waals surface area contributed by atoms with Crippen LogP contribution in [0.2, 0.25) is 0 Å². The van der Waals surface area contributed by atoms with Gasteiger partial charge in [-0.25, -0.2) is 0 Å². The molecule has 0 saturated carbocycles. The van der Waals surface area contributed by atoms with Crippen molar-refractivity contribution in [1.82, 2.24) is 9.80 Å². The molecule has 2 heterocycles. The van der Waals surface area contributed by atoms with Crippen LogP contribution in [-0.4, -0.2) is 33.7 Å². The average Bonchev–Trinajstić information content (AvgIpc) is 3.20. The highest BCUT2D eigenvalue weighted by molar-refractivity contribution is 5.81. The summed E-state index contributed by atoms with van der Waals surface area (Å²) in [6.45, 7) is 1.27. The summed E-state index contributed by atoms with van der Waals surface area (Å²) < 4.78 is 0. The van der Waals surface area contributed by atoms with Crippen molar-refractivity contribution in [3.63, 3.8) is 0 Å². The summed E-state index contributed by atoms with van der Waals surface area (Å²) in [4.78, 5) is 29.0. The van der Waals surface area contributed by atoms with Gasteiger partial charge in [-0.3, -0.25) is 9.59 Å². The van der Waals surface area contributed by atoms with E-state index in [1.165, 1.54) is 0 Å². The molecule has 2 saturated heterocycles. The number of amides is 2. The van der Waals surface area contributed by atoms with E-state index >= 15 is 0 Å². The van der Waals surface area contributed by atoms with Crippen molar-refractivity contribution in [3.8, 4) is 0 Å². The van der Waals surface area contributed by atoms with Crippen molar-refractivity contribution in [2.24, 2.45) is 0 Å². The lowest BCUT2D eigenvalue weighted by molar-refractivity contribution is -0.134. The zero-order chi connectivity index (χ0) is 17.9. The minimum Gasteiger partial charge on any atom is -0.333 e. The fourth-order valence-corrected chi connectivity index (χ4v) is 4.28. The molecule has 2 aromatic rings. The lowest BCUT2D eigenvalue weighted by atomic mass is 10.0. The van der Waals surface area contributed by atoms with E-state index in [4.69, 9.17) is 0 Å². The molecule has 2 aromatic carbocycles. The Hall–Kier alpha value is -2.62. The van der Waals surface area contributed by atoms with Gasteiger partial charge < -0.3 is 9.80 Å². The first-order chi connectivity index (χ1) is 12.7. The summed E-state index contributed by atoms with van der Waals surface area (Å²) >= 11 is 0. The molecule has 0 N–H and O–H groups in total. The zero-order valence-corrected chi connectivity index (χ0v) is 14.9. The molecule has 4 heteroatoms. The van der Waals surface area contributed by atoms with E-state index in [1.54, 1.807) is 0 Å². The molecular formula is C22H24N2O2. The minimum absolute atomic E-state index is 0.123. The number of nitrogens with zero attached hydrogens (tertiary/aromatic N) is 2. The van der Waals surface area contributed by atoms with E-state index in [1.807, 2.05) is 46.2 Å². The van der Waals surface area contributed by atoms with Crippen LogP contribution in [0.3, 0.4) is 0 Å². The van der Waals surface area contributed by atoms with Gasteiger partial charge in [0.25, 0.3) is 0 Å². The van der Waals surface area contributed by atoms with E-state index in [-0.39, 0.29) is 23.9 Å². The number of hydrogen-bond acceptors (Lipinski definition) is 2. The number of carbonyl (C=O) groups is 2. The minimum atomic E-state index is 0.123. The summed E-state index contributed by atoms with van der Waals surface area (Å²) in [5, 5.41) is 0. The molecule has 26 heavy (non-hydrogen) atoms. The number of carbonyl (C=O) groups excluding carboxylic acids is 2. The van der Waals surface area contributed by atoms with Gasteiger partial charge in [-0.15, -0.1) is 0 Å². The Morgan fingerprint density at radius 3 is 1.42 bits per heavy atom. The van der Waals surface area contributed by atoms with Crippen molar-refractivity contribution >= 4 is 11.8 Å². The van der Waals surface area contributed by atoms with Gasteiger partial charge in [-0.1, -0.05) is 60.7 Å². The fourth-order valence-electron chi connectivity index (χ4n) is 4.28. The Kier molecular flexibility index (Phi) is 4.74. The largest absolute Gasteiger partial charge is 0.333 e. The van der Waals surface area contributed by atoms with Crippen LogP contribution in [0.5, 0.6) is 0 Å². The van der Waals surface area contributed by atoms with Crippen LogP contribution >= 0.6 is 0 Å². The lowest BCUT2D eigenvalue weighted by Gasteiger charge is -2.35. The molecular weight excluding hydrogens is 324 g/mol. The van der Waals surface area contributed by atoms with Crippen molar-refractivity contribution in [2.75, 3.05) is 0 Å². The van der Waals surface area contributed by atoms with Crippen LogP contribution in [-0.2, 0) is 22.7 Å². The zero-order valence-electron chi connectivity index (χ0n) is 14.9. The lowest BCUT2D eigenvalue weighted by Crippen LogP contribution is -2.47. The van der Waals surface area contributed by atoms with E-state index < -0.39 is 0 Å². The molecule has 2 fully saturated rings. The average molecular weight is 348 g/mol. The highest BCUT2D eigenvalue weighted by Crippen LogP contribution is 2.33. The van der Waals surface area contributed by atoms with Gasteiger partial charge in [-0.2, -0.15) is 0 Å². The van der Waals surface area contributed by atoms with Gasteiger partial charge >= 0.3 is 0 Å². The summed E-state index contributed by atoms with van der Waals surface area (Å²) in [6, 6.07) is 20.5. The van der Waals surface area contributed by atoms with Crippen LogP contribution < -0.4 is 0 Å². The molecule has 2 amide bonds. The van der Waals surface area contributed by atoms with Gasteiger partial charge in [-0.05, 0) is 24.0 Å². The van der Waals surface area contributed by atoms with E-state index in [0.717, 1.165) is 24.0 Å². The van der Waals surface area contributed by atoms with Crippen molar-refractivity contribution in [1.29, 1.82) is 0 Å². The SMILES string of the molecule is O=C1CCC(C2CCC(=O)N2Cc2ccccc2)N1Cc1ccccc1. The Morgan fingerprint density at radius 1 is 0.654 bits per heavy atom. The van der Waals surface area contributed by atoms with Crippen molar-refractivity contribution in [2.45, 2.75) is 50.9 Å². The third-order valence-electron chi connectivity index (χ3n) is 5.58. The molecule has 2 aliphatic rings. The van der Waals surface area contributed by atoms with Gasteiger partial charge in [0.15, 0.2) is 0 Å². The highest BCUT2D eigenvalue weighted by Gasteiger charge is 2.43. The number of hydrogen-bond donors (Lipinski definition) is 0. The highest BCUT2D eigenvalue weighted by atomic mass is 16.2. The van der Waals surface area contributed by atoms with Crippen molar-refractivity contribution < 1.29 is 9.59 Å². The van der Waals surface area contributed by atoms with Gasteiger partial charge in [0.05, 0.1) is 12.1 Å². The molecule has 2 aliphatic heterocycles. The topological polar surface area (TPSA) is 40.6 Å². The third kappa shape index (κ3) is 3.36. The quantitative estimate of drug-likeness (QED) is 0.831. The second-order valence-corrected chi connectivity index (χ2v) is 7.23. The van der Waals surface area contributed by atoms with Crippen LogP contribution in [0.15, 0.2) is 60.7 Å². The first-order valence-corrected chi connectivity index (χ1v) is 9.39. The molecule has 134 valence electrons. The fraction of sp³-hybridized carbons (Fsp3) is 0.364. The first-order valence-electron chi connectivity index (χ1n) is 9.39. The molecule has 0 bridgehead atoms. The Morgan fingerprint density at radius 2 is 1.04 bits per heavy atom. The van der Waals surface area contributed by atoms with Gasteiger partial charge in [0, 0.05) is 25.9 Å². The predicted octanol–water partition coefficient (Wildman–Crippen LogP) is 3.37. The molecule has 2 atom stereocenters. The van der Waals surface area contributed by atoms with E-state index in [9.17, 15) is 9.59 Å². The van der Waals surface area contributed by atoms with Crippen molar-refractivity contribution in [3.05, 3.63) is 71.8 Å². The molecule has 0 spiro atoms. The van der Waals surface area contributed by atoms with Crippen LogP contribution in [0.1, 0.15) is 36.8 Å². The smallest absolute Gasteiger partial charge is 0.223 e. The number of benzene rings is 2.